The van der Waals surface area contributed by atoms with E-state index in [0.717, 1.165) is 13.2 Å². The minimum atomic E-state index is 0.536. The van der Waals surface area contributed by atoms with Crippen LogP contribution in [-0.4, -0.2) is 26.3 Å². The molecule has 1 unspecified atom stereocenters. The Labute approximate surface area is 76.7 Å². The van der Waals surface area contributed by atoms with Gasteiger partial charge in [-0.15, -0.1) is 0 Å². The number of hydrogen-bond acceptors (Lipinski definition) is 2. The first kappa shape index (κ1) is 11.9. The fourth-order valence-corrected chi connectivity index (χ4v) is 1.11. The first-order valence-electron chi connectivity index (χ1n) is 4.95. The molecule has 0 aliphatic carbocycles. The number of likely N-dealkylation sites (N-methyl/N-ethyl adjacent to an activating group) is 1. The van der Waals surface area contributed by atoms with Crippen LogP contribution in [0.5, 0.6) is 0 Å². The van der Waals surface area contributed by atoms with Gasteiger partial charge in [0.15, 0.2) is 0 Å². The first-order chi connectivity index (χ1) is 5.70. The molecule has 0 bridgehead atoms. The van der Waals surface area contributed by atoms with Gasteiger partial charge >= 0.3 is 0 Å². The van der Waals surface area contributed by atoms with Gasteiger partial charge in [0.2, 0.25) is 0 Å². The van der Waals surface area contributed by atoms with Gasteiger partial charge in [0, 0.05) is 12.6 Å². The molecule has 1 atom stereocenters. The second kappa shape index (κ2) is 7.56. The van der Waals surface area contributed by atoms with E-state index in [-0.39, 0.29) is 0 Å². The van der Waals surface area contributed by atoms with E-state index in [1.54, 1.807) is 0 Å². The van der Waals surface area contributed by atoms with Crippen LogP contribution in [0, 0.1) is 5.92 Å². The second-order valence-electron chi connectivity index (χ2n) is 3.71. The molecule has 74 valence electrons. The van der Waals surface area contributed by atoms with Gasteiger partial charge in [0.1, 0.15) is 0 Å². The smallest absolute Gasteiger partial charge is 0.0619 e. The molecule has 12 heavy (non-hydrogen) atoms. The van der Waals surface area contributed by atoms with Crippen molar-refractivity contribution in [3.8, 4) is 0 Å². The van der Waals surface area contributed by atoms with E-state index in [4.69, 9.17) is 4.74 Å². The Hall–Kier alpha value is -0.0800. The molecule has 0 fully saturated rings. The lowest BCUT2D eigenvalue weighted by molar-refractivity contribution is 0.0898. The van der Waals surface area contributed by atoms with Crippen molar-refractivity contribution in [1.82, 2.24) is 5.32 Å². The summed E-state index contributed by atoms with van der Waals surface area (Å²) in [5, 5.41) is 3.25. The Morgan fingerprint density at radius 2 is 1.92 bits per heavy atom. The van der Waals surface area contributed by atoms with Crippen LogP contribution in [0.4, 0.5) is 0 Å². The predicted molar refractivity (Wildman–Crippen MR) is 53.4 cm³/mol. The van der Waals surface area contributed by atoms with Crippen molar-refractivity contribution in [1.29, 1.82) is 0 Å². The zero-order chi connectivity index (χ0) is 9.40. The van der Waals surface area contributed by atoms with E-state index >= 15 is 0 Å². The van der Waals surface area contributed by atoms with Gasteiger partial charge in [-0.25, -0.2) is 0 Å². The average molecular weight is 173 g/mol. The van der Waals surface area contributed by atoms with E-state index in [1.807, 2.05) is 7.05 Å². The van der Waals surface area contributed by atoms with Gasteiger partial charge in [-0.3, -0.25) is 0 Å². The summed E-state index contributed by atoms with van der Waals surface area (Å²) in [4.78, 5) is 0. The van der Waals surface area contributed by atoms with E-state index in [2.05, 4.69) is 26.1 Å². The lowest BCUT2D eigenvalue weighted by Crippen LogP contribution is -2.30. The number of nitrogens with one attached hydrogen (secondary N) is 1. The van der Waals surface area contributed by atoms with Gasteiger partial charge in [0.05, 0.1) is 6.61 Å². The Kier molecular flexibility index (Phi) is 7.51. The van der Waals surface area contributed by atoms with Gasteiger partial charge in [-0.2, -0.15) is 0 Å². The van der Waals surface area contributed by atoms with Crippen molar-refractivity contribution in [2.24, 2.45) is 5.92 Å². The molecule has 0 aliphatic rings. The third-order valence-electron chi connectivity index (χ3n) is 1.82. The lowest BCUT2D eigenvalue weighted by Gasteiger charge is -2.16. The van der Waals surface area contributed by atoms with Crippen LogP contribution < -0.4 is 5.32 Å². The molecule has 0 saturated heterocycles. The zero-order valence-electron chi connectivity index (χ0n) is 8.89. The fraction of sp³-hybridized carbons (Fsp3) is 1.00. The Balaban J connectivity index is 3.31. The average Bonchev–Trinajstić information content (AvgIpc) is 2.02. The quantitative estimate of drug-likeness (QED) is 0.636. The first-order valence-corrected chi connectivity index (χ1v) is 4.95. The standard InChI is InChI=1S/C10H23NO/c1-5-6-10(11-4)8-12-7-9(2)3/h9-11H,5-8H2,1-4H3. The maximum atomic E-state index is 5.54. The summed E-state index contributed by atoms with van der Waals surface area (Å²) < 4.78 is 5.54. The second-order valence-corrected chi connectivity index (χ2v) is 3.71. The number of rotatable bonds is 7. The summed E-state index contributed by atoms with van der Waals surface area (Å²) in [6, 6.07) is 0.536. The van der Waals surface area contributed by atoms with E-state index in [1.165, 1.54) is 12.8 Å². The van der Waals surface area contributed by atoms with Crippen LogP contribution in [0.15, 0.2) is 0 Å². The third kappa shape index (κ3) is 6.62. The maximum Gasteiger partial charge on any atom is 0.0619 e. The van der Waals surface area contributed by atoms with Crippen molar-refractivity contribution >= 4 is 0 Å². The summed E-state index contributed by atoms with van der Waals surface area (Å²) in [6.45, 7) is 8.28. The molecule has 0 saturated carbocycles. The predicted octanol–water partition coefficient (Wildman–Crippen LogP) is 2.05. The molecule has 0 aromatic carbocycles. The monoisotopic (exact) mass is 173 g/mol. The van der Waals surface area contributed by atoms with Crippen molar-refractivity contribution in [2.75, 3.05) is 20.3 Å². The van der Waals surface area contributed by atoms with Gasteiger partial charge in [0.25, 0.3) is 0 Å². The van der Waals surface area contributed by atoms with E-state index < -0.39 is 0 Å². The molecule has 0 amide bonds. The highest BCUT2D eigenvalue weighted by Crippen LogP contribution is 1.99. The van der Waals surface area contributed by atoms with Crippen molar-refractivity contribution < 1.29 is 4.74 Å². The SMILES string of the molecule is CCCC(COCC(C)C)NC. The van der Waals surface area contributed by atoms with Crippen molar-refractivity contribution in [3.05, 3.63) is 0 Å². The maximum absolute atomic E-state index is 5.54. The van der Waals surface area contributed by atoms with Crippen molar-refractivity contribution in [2.45, 2.75) is 39.7 Å². The van der Waals surface area contributed by atoms with E-state index in [0.29, 0.717) is 12.0 Å². The summed E-state index contributed by atoms with van der Waals surface area (Å²) in [5.74, 6) is 0.643. The molecule has 0 aliphatic heterocycles. The van der Waals surface area contributed by atoms with Crippen LogP contribution in [0.1, 0.15) is 33.6 Å². The van der Waals surface area contributed by atoms with Crippen LogP contribution in [0.3, 0.4) is 0 Å². The fourth-order valence-electron chi connectivity index (χ4n) is 1.11. The Morgan fingerprint density at radius 3 is 2.33 bits per heavy atom. The summed E-state index contributed by atoms with van der Waals surface area (Å²) >= 11 is 0. The molecular formula is C10H23NO. The minimum Gasteiger partial charge on any atom is -0.380 e. The van der Waals surface area contributed by atoms with Gasteiger partial charge < -0.3 is 10.1 Å². The normalized spacial score (nSPS) is 13.8. The molecule has 0 heterocycles. The minimum absolute atomic E-state index is 0.536. The molecule has 1 N–H and O–H groups in total. The molecule has 0 aromatic rings. The van der Waals surface area contributed by atoms with Crippen LogP contribution in [-0.2, 0) is 4.74 Å². The van der Waals surface area contributed by atoms with Crippen LogP contribution >= 0.6 is 0 Å². The largest absolute Gasteiger partial charge is 0.380 e. The van der Waals surface area contributed by atoms with Gasteiger partial charge in [-0.1, -0.05) is 27.2 Å². The topological polar surface area (TPSA) is 21.3 Å². The van der Waals surface area contributed by atoms with E-state index in [9.17, 15) is 0 Å². The molecule has 0 radical (unpaired) electrons. The Bertz CT molecular complexity index is 93.8. The zero-order valence-corrected chi connectivity index (χ0v) is 8.89. The third-order valence-corrected chi connectivity index (χ3v) is 1.82. The van der Waals surface area contributed by atoms with Gasteiger partial charge in [-0.05, 0) is 19.4 Å². The molecule has 0 aromatic heterocycles. The highest BCUT2D eigenvalue weighted by Gasteiger charge is 2.04. The van der Waals surface area contributed by atoms with Crippen LogP contribution in [0.25, 0.3) is 0 Å². The Morgan fingerprint density at radius 1 is 1.25 bits per heavy atom. The van der Waals surface area contributed by atoms with Crippen LogP contribution in [0.2, 0.25) is 0 Å². The summed E-state index contributed by atoms with van der Waals surface area (Å²) in [6.07, 6.45) is 2.42. The van der Waals surface area contributed by atoms with Crippen molar-refractivity contribution in [3.63, 3.8) is 0 Å². The molecular weight excluding hydrogens is 150 g/mol. The highest BCUT2D eigenvalue weighted by atomic mass is 16.5. The molecule has 0 spiro atoms. The molecule has 2 heteroatoms. The highest BCUT2D eigenvalue weighted by molar-refractivity contribution is 4.61. The lowest BCUT2D eigenvalue weighted by atomic mass is 10.2. The molecule has 2 nitrogen and oxygen atoms in total. The molecule has 0 rings (SSSR count). The number of ether oxygens (including phenoxy) is 1. The number of hydrogen-bond donors (Lipinski definition) is 1. The summed E-state index contributed by atoms with van der Waals surface area (Å²) in [7, 11) is 2.00. The summed E-state index contributed by atoms with van der Waals surface area (Å²) in [5.41, 5.74) is 0.